The molecule has 0 bridgehead atoms. The summed E-state index contributed by atoms with van der Waals surface area (Å²) >= 11 is 5.59. The second-order valence-electron chi connectivity index (χ2n) is 3.93. The van der Waals surface area contributed by atoms with Gasteiger partial charge in [0, 0.05) is 13.3 Å². The van der Waals surface area contributed by atoms with E-state index in [2.05, 4.69) is 11.0 Å². The molecule has 0 unspecified atom stereocenters. The topological polar surface area (TPSA) is 85.0 Å². The minimum Gasteiger partial charge on any atom is -0.404 e. The van der Waals surface area contributed by atoms with Crippen LogP contribution in [-0.4, -0.2) is 33.0 Å². The molecule has 0 aromatic heterocycles. The fourth-order valence-electron chi connectivity index (χ4n) is 1.43. The third-order valence-corrected chi connectivity index (χ3v) is 4.00. The van der Waals surface area contributed by atoms with Crippen molar-refractivity contribution in [3.05, 3.63) is 54.1 Å². The Bertz CT molecular complexity index is 704. The van der Waals surface area contributed by atoms with Crippen LogP contribution in [0.4, 0.5) is 4.39 Å². The van der Waals surface area contributed by atoms with E-state index >= 15 is 0 Å². The van der Waals surface area contributed by atoms with Crippen molar-refractivity contribution in [2.24, 2.45) is 10.1 Å². The standard InChI is InChI=1S/C13H15ClFN3O3S/c1-3-18(9-21-2)13(6-7-16)17-22(19,20)10-4-5-12(15)11(14)8-10/h3-8H,1,9,16H2,2H3/b7-6-,17-13?. The lowest BCUT2D eigenvalue weighted by atomic mass is 10.3. The first-order valence-electron chi connectivity index (χ1n) is 5.92. The summed E-state index contributed by atoms with van der Waals surface area (Å²) < 4.78 is 46.2. The van der Waals surface area contributed by atoms with Gasteiger partial charge in [-0.2, -0.15) is 8.42 Å². The molecule has 1 aromatic carbocycles. The predicted octanol–water partition coefficient (Wildman–Crippen LogP) is 2.09. The highest BCUT2D eigenvalue weighted by Gasteiger charge is 2.17. The molecule has 6 nitrogen and oxygen atoms in total. The lowest BCUT2D eigenvalue weighted by Crippen LogP contribution is -2.27. The number of nitrogens with two attached hydrogens (primary N) is 1. The number of hydrogen-bond acceptors (Lipinski definition) is 4. The molecule has 0 radical (unpaired) electrons. The third-order valence-electron chi connectivity index (χ3n) is 2.43. The van der Waals surface area contributed by atoms with Crippen molar-refractivity contribution in [3.63, 3.8) is 0 Å². The Morgan fingerprint density at radius 1 is 1.59 bits per heavy atom. The summed E-state index contributed by atoms with van der Waals surface area (Å²) in [7, 11) is -2.68. The summed E-state index contributed by atoms with van der Waals surface area (Å²) in [4.78, 5) is 1.08. The summed E-state index contributed by atoms with van der Waals surface area (Å²) in [6.07, 6.45) is 3.72. The van der Waals surface area contributed by atoms with E-state index < -0.39 is 15.8 Å². The van der Waals surface area contributed by atoms with Gasteiger partial charge in [0.25, 0.3) is 10.0 Å². The highest BCUT2D eigenvalue weighted by atomic mass is 35.5. The van der Waals surface area contributed by atoms with Crippen LogP contribution in [0.25, 0.3) is 0 Å². The largest absolute Gasteiger partial charge is 0.404 e. The number of ether oxygens (including phenoxy) is 1. The molecule has 0 saturated heterocycles. The quantitative estimate of drug-likeness (QED) is 0.484. The molecule has 0 aliphatic carbocycles. The molecule has 0 amide bonds. The van der Waals surface area contributed by atoms with Crippen molar-refractivity contribution < 1.29 is 17.5 Å². The third kappa shape index (κ3) is 4.55. The SMILES string of the molecule is C=CN(COC)C(/C=C\N)=NS(=O)(=O)c1ccc(F)c(Cl)c1. The van der Waals surface area contributed by atoms with Crippen LogP contribution in [0.1, 0.15) is 0 Å². The Labute approximate surface area is 133 Å². The lowest BCUT2D eigenvalue weighted by Gasteiger charge is -2.18. The monoisotopic (exact) mass is 347 g/mol. The summed E-state index contributed by atoms with van der Waals surface area (Å²) in [5.74, 6) is -0.737. The van der Waals surface area contributed by atoms with Gasteiger partial charge < -0.3 is 15.4 Å². The van der Waals surface area contributed by atoms with Crippen molar-refractivity contribution in [1.29, 1.82) is 0 Å². The van der Waals surface area contributed by atoms with Crippen molar-refractivity contribution in [2.45, 2.75) is 4.90 Å². The lowest BCUT2D eigenvalue weighted by molar-refractivity contribution is 0.135. The second-order valence-corrected chi connectivity index (χ2v) is 5.94. The molecule has 0 saturated carbocycles. The van der Waals surface area contributed by atoms with Crippen LogP contribution < -0.4 is 5.73 Å². The van der Waals surface area contributed by atoms with Crippen LogP contribution in [0, 0.1) is 5.82 Å². The normalized spacial score (nSPS) is 12.6. The average Bonchev–Trinajstić information content (AvgIpc) is 2.47. The van der Waals surface area contributed by atoms with Gasteiger partial charge >= 0.3 is 0 Å². The fraction of sp³-hybridized carbons (Fsp3) is 0.154. The molecule has 9 heteroatoms. The Hall–Kier alpha value is -1.90. The van der Waals surface area contributed by atoms with E-state index in [1.807, 2.05) is 0 Å². The minimum atomic E-state index is -4.11. The Morgan fingerprint density at radius 2 is 2.27 bits per heavy atom. The number of sulfonamides is 1. The molecule has 120 valence electrons. The summed E-state index contributed by atoms with van der Waals surface area (Å²) in [5, 5.41) is -0.315. The summed E-state index contributed by atoms with van der Waals surface area (Å²) in [6.45, 7) is 3.56. The molecule has 2 N–H and O–H groups in total. The molecular formula is C13H15ClFN3O3S. The van der Waals surface area contributed by atoms with Crippen LogP contribution >= 0.6 is 11.6 Å². The zero-order chi connectivity index (χ0) is 16.8. The fourth-order valence-corrected chi connectivity index (χ4v) is 2.70. The maximum absolute atomic E-state index is 13.1. The van der Waals surface area contributed by atoms with Gasteiger partial charge in [0.2, 0.25) is 0 Å². The van der Waals surface area contributed by atoms with Crippen LogP contribution in [-0.2, 0) is 14.8 Å². The number of amidine groups is 1. The molecule has 0 fully saturated rings. The first-order valence-corrected chi connectivity index (χ1v) is 7.74. The van der Waals surface area contributed by atoms with E-state index in [0.717, 1.165) is 24.4 Å². The first-order chi connectivity index (χ1) is 10.4. The van der Waals surface area contributed by atoms with E-state index in [9.17, 15) is 12.8 Å². The average molecular weight is 348 g/mol. The van der Waals surface area contributed by atoms with Gasteiger partial charge in [-0.3, -0.25) is 0 Å². The molecule has 0 atom stereocenters. The number of hydrogen-bond donors (Lipinski definition) is 1. The highest BCUT2D eigenvalue weighted by molar-refractivity contribution is 7.90. The smallest absolute Gasteiger partial charge is 0.284 e. The van der Waals surface area contributed by atoms with E-state index in [4.69, 9.17) is 22.1 Å². The predicted molar refractivity (Wildman–Crippen MR) is 83.3 cm³/mol. The van der Waals surface area contributed by atoms with Crippen LogP contribution in [0.2, 0.25) is 5.02 Å². The molecule has 0 aliphatic heterocycles. The van der Waals surface area contributed by atoms with Gasteiger partial charge in [0.05, 0.1) is 9.92 Å². The maximum Gasteiger partial charge on any atom is 0.284 e. The van der Waals surface area contributed by atoms with Crippen LogP contribution in [0.5, 0.6) is 0 Å². The Balaban J connectivity index is 3.33. The maximum atomic E-state index is 13.1. The molecule has 0 heterocycles. The number of halogens is 2. The van der Waals surface area contributed by atoms with E-state index in [0.29, 0.717) is 0 Å². The van der Waals surface area contributed by atoms with Gasteiger partial charge in [-0.05, 0) is 30.5 Å². The van der Waals surface area contributed by atoms with Gasteiger partial charge in [-0.15, -0.1) is 4.40 Å². The number of nitrogens with zero attached hydrogens (tertiary/aromatic N) is 2. The van der Waals surface area contributed by atoms with Crippen molar-refractivity contribution in [3.8, 4) is 0 Å². The van der Waals surface area contributed by atoms with Crippen molar-refractivity contribution >= 4 is 27.5 Å². The second kappa shape index (κ2) is 7.92. The molecule has 1 aromatic rings. The zero-order valence-electron chi connectivity index (χ0n) is 11.7. The number of rotatable bonds is 6. The van der Waals surface area contributed by atoms with Gasteiger partial charge in [0.15, 0.2) is 0 Å². The van der Waals surface area contributed by atoms with Gasteiger partial charge in [-0.1, -0.05) is 18.2 Å². The molecule has 0 aliphatic rings. The zero-order valence-corrected chi connectivity index (χ0v) is 13.3. The van der Waals surface area contributed by atoms with E-state index in [-0.39, 0.29) is 22.5 Å². The van der Waals surface area contributed by atoms with Gasteiger partial charge in [0.1, 0.15) is 18.4 Å². The molecule has 0 spiro atoms. The highest BCUT2D eigenvalue weighted by Crippen LogP contribution is 2.21. The van der Waals surface area contributed by atoms with Crippen molar-refractivity contribution in [1.82, 2.24) is 4.90 Å². The number of methoxy groups -OCH3 is 1. The summed E-state index contributed by atoms with van der Waals surface area (Å²) in [5.41, 5.74) is 5.29. The number of benzene rings is 1. The summed E-state index contributed by atoms with van der Waals surface area (Å²) in [6, 6.07) is 3.00. The van der Waals surface area contributed by atoms with Gasteiger partial charge in [-0.25, -0.2) is 4.39 Å². The molecule has 22 heavy (non-hydrogen) atoms. The van der Waals surface area contributed by atoms with Crippen LogP contribution in [0.15, 0.2) is 52.5 Å². The minimum absolute atomic E-state index is 0.0141. The molecular weight excluding hydrogens is 333 g/mol. The van der Waals surface area contributed by atoms with Crippen LogP contribution in [0.3, 0.4) is 0 Å². The Morgan fingerprint density at radius 3 is 2.77 bits per heavy atom. The van der Waals surface area contributed by atoms with Crippen molar-refractivity contribution in [2.75, 3.05) is 13.8 Å². The first kappa shape index (κ1) is 18.1. The molecule has 1 rings (SSSR count). The Kier molecular flexibility index (Phi) is 6.54. The van der Waals surface area contributed by atoms with E-state index in [1.54, 1.807) is 0 Å². The van der Waals surface area contributed by atoms with E-state index in [1.165, 1.54) is 24.3 Å².